The van der Waals surface area contributed by atoms with Gasteiger partial charge in [-0.15, -0.1) is 0 Å². The molecule has 3 aromatic rings. The molecule has 1 heterocycles. The van der Waals surface area contributed by atoms with Crippen LogP contribution < -0.4 is 11.1 Å². The third-order valence-electron chi connectivity index (χ3n) is 4.72. The molecule has 0 aliphatic carbocycles. The van der Waals surface area contributed by atoms with E-state index >= 15 is 0 Å². The Morgan fingerprint density at radius 3 is 2.32 bits per heavy atom. The number of hydrogen-bond acceptors (Lipinski definition) is 4. The first kappa shape index (κ1) is 21.8. The number of ketones is 1. The Balaban J connectivity index is 1.97. The highest BCUT2D eigenvalue weighted by Crippen LogP contribution is 2.27. The van der Waals surface area contributed by atoms with Gasteiger partial charge in [-0.3, -0.25) is 14.4 Å². The van der Waals surface area contributed by atoms with E-state index in [9.17, 15) is 23.2 Å². The van der Waals surface area contributed by atoms with Gasteiger partial charge in [-0.2, -0.15) is 13.9 Å². The number of hydrogen-bond donors (Lipinski definition) is 2. The minimum Gasteiger partial charge on any atom is -0.363 e. The number of carbonyl (C=O) groups is 3. The molecule has 0 bridgehead atoms. The van der Waals surface area contributed by atoms with E-state index in [1.54, 1.807) is 61.5 Å². The molecule has 7 nitrogen and oxygen atoms in total. The summed E-state index contributed by atoms with van der Waals surface area (Å²) in [6, 6.07) is 14.3. The average Bonchev–Trinajstić information content (AvgIpc) is 3.19. The Morgan fingerprint density at radius 2 is 1.71 bits per heavy atom. The zero-order valence-electron chi connectivity index (χ0n) is 16.6. The molecule has 0 aliphatic heterocycles. The molecule has 2 aromatic carbocycles. The van der Waals surface area contributed by atoms with Gasteiger partial charge in [-0.1, -0.05) is 54.6 Å². The lowest BCUT2D eigenvalue weighted by Crippen LogP contribution is -2.47. The number of nitrogens with one attached hydrogen (secondary N) is 1. The molecule has 0 radical (unpaired) electrons. The molecule has 1 atom stereocenters. The molecule has 3 rings (SSSR count). The van der Waals surface area contributed by atoms with Crippen LogP contribution in [0, 0.1) is 6.92 Å². The van der Waals surface area contributed by atoms with Crippen molar-refractivity contribution in [3.05, 3.63) is 77.5 Å². The molecule has 9 heteroatoms. The van der Waals surface area contributed by atoms with Crippen LogP contribution in [0.5, 0.6) is 0 Å². The van der Waals surface area contributed by atoms with Crippen molar-refractivity contribution in [3.63, 3.8) is 0 Å². The number of Topliss-reactive ketones (excluding diaryl/α,β-unsaturated/α-hetero) is 1. The maximum Gasteiger partial charge on any atom is 0.333 e. The number of aryl methyl sites for hydroxylation is 1. The summed E-state index contributed by atoms with van der Waals surface area (Å²) in [4.78, 5) is 36.8. The summed E-state index contributed by atoms with van der Waals surface area (Å²) in [5.41, 5.74) is 6.93. The van der Waals surface area contributed by atoms with Crippen molar-refractivity contribution in [3.8, 4) is 11.3 Å². The number of primary amides is 1. The Morgan fingerprint density at radius 1 is 1.06 bits per heavy atom. The van der Waals surface area contributed by atoms with Crippen LogP contribution in [0.15, 0.2) is 60.8 Å². The van der Waals surface area contributed by atoms with Crippen LogP contribution in [0.4, 0.5) is 8.78 Å². The van der Waals surface area contributed by atoms with Crippen molar-refractivity contribution in [1.82, 2.24) is 15.1 Å². The quantitative estimate of drug-likeness (QED) is 0.540. The molecule has 1 unspecified atom stereocenters. The first-order chi connectivity index (χ1) is 14.8. The predicted molar refractivity (Wildman–Crippen MR) is 109 cm³/mol. The minimum atomic E-state index is -2.96. The predicted octanol–water partition coefficient (Wildman–Crippen LogP) is 2.65. The summed E-state index contributed by atoms with van der Waals surface area (Å²) in [5.74, 6) is -3.01. The minimum absolute atomic E-state index is 0.0109. The second-order valence-electron chi connectivity index (χ2n) is 6.91. The molecular formula is C22H20F2N4O3. The van der Waals surface area contributed by atoms with Gasteiger partial charge in [-0.05, 0) is 18.1 Å². The normalized spacial score (nSPS) is 11.9. The number of alkyl halides is 2. The highest BCUT2D eigenvalue weighted by molar-refractivity contribution is 6.38. The maximum absolute atomic E-state index is 13.3. The van der Waals surface area contributed by atoms with Crippen LogP contribution in [0.1, 0.15) is 28.0 Å². The third kappa shape index (κ3) is 5.00. The van der Waals surface area contributed by atoms with Crippen LogP contribution in [0.2, 0.25) is 0 Å². The Kier molecular flexibility index (Phi) is 6.54. The van der Waals surface area contributed by atoms with Gasteiger partial charge in [0.15, 0.2) is 0 Å². The molecule has 0 spiro atoms. The van der Waals surface area contributed by atoms with E-state index in [-0.39, 0.29) is 17.7 Å². The number of carbonyl (C=O) groups excluding carboxylic acids is 3. The fourth-order valence-corrected chi connectivity index (χ4v) is 3.16. The van der Waals surface area contributed by atoms with E-state index in [0.717, 1.165) is 11.8 Å². The zero-order chi connectivity index (χ0) is 22.5. The average molecular weight is 426 g/mol. The molecule has 0 fully saturated rings. The van der Waals surface area contributed by atoms with E-state index in [1.165, 1.54) is 0 Å². The molecular weight excluding hydrogens is 406 g/mol. The molecule has 2 amide bonds. The lowest BCUT2D eigenvalue weighted by atomic mass is 10.00. The fourth-order valence-electron chi connectivity index (χ4n) is 3.16. The lowest BCUT2D eigenvalue weighted by Gasteiger charge is -2.16. The van der Waals surface area contributed by atoms with Crippen molar-refractivity contribution in [2.45, 2.75) is 25.9 Å². The van der Waals surface area contributed by atoms with E-state index in [1.807, 2.05) is 0 Å². The van der Waals surface area contributed by atoms with E-state index < -0.39 is 30.2 Å². The van der Waals surface area contributed by atoms with Gasteiger partial charge >= 0.3 is 6.55 Å². The number of halogens is 2. The molecule has 0 saturated heterocycles. The van der Waals surface area contributed by atoms with Gasteiger partial charge in [0, 0.05) is 18.2 Å². The second kappa shape index (κ2) is 9.29. The number of rotatable bonds is 8. The summed E-state index contributed by atoms with van der Waals surface area (Å²) in [6.45, 7) is -1.20. The highest BCUT2D eigenvalue weighted by atomic mass is 19.3. The van der Waals surface area contributed by atoms with Crippen molar-refractivity contribution < 1.29 is 23.2 Å². The van der Waals surface area contributed by atoms with Gasteiger partial charge in [0.2, 0.25) is 5.78 Å². The number of nitrogens with two attached hydrogens (primary N) is 1. The second-order valence-corrected chi connectivity index (χ2v) is 6.91. The molecule has 0 saturated carbocycles. The Bertz CT molecular complexity index is 1110. The standard InChI is InChI=1S/C22H20F2N4O3/c1-13-7-5-6-10-15(13)18-16(12-28(27-18)22(23)24)21(31)26-17(19(29)20(25)30)11-14-8-3-2-4-9-14/h2-10,12,17,22H,11H2,1H3,(H2,25,30)(H,26,31). The van der Waals surface area contributed by atoms with Gasteiger partial charge in [0.25, 0.3) is 11.8 Å². The highest BCUT2D eigenvalue weighted by Gasteiger charge is 2.28. The molecule has 1 aromatic heterocycles. The van der Waals surface area contributed by atoms with Gasteiger partial charge in [0.05, 0.1) is 5.56 Å². The Labute approximate surface area is 176 Å². The van der Waals surface area contributed by atoms with Gasteiger partial charge in [-0.25, -0.2) is 4.68 Å². The Hall–Kier alpha value is -3.88. The summed E-state index contributed by atoms with van der Waals surface area (Å²) in [6.07, 6.45) is 0.924. The van der Waals surface area contributed by atoms with Crippen molar-refractivity contribution in [2.24, 2.45) is 5.73 Å². The monoisotopic (exact) mass is 426 g/mol. The summed E-state index contributed by atoms with van der Waals surface area (Å²) in [5, 5.41) is 6.32. The summed E-state index contributed by atoms with van der Waals surface area (Å²) in [7, 11) is 0. The topological polar surface area (TPSA) is 107 Å². The zero-order valence-corrected chi connectivity index (χ0v) is 16.6. The summed E-state index contributed by atoms with van der Waals surface area (Å²) >= 11 is 0. The SMILES string of the molecule is Cc1ccccc1-c1nn(C(F)F)cc1C(=O)NC(Cc1ccccc1)C(=O)C(N)=O. The van der Waals surface area contributed by atoms with Gasteiger partial charge < -0.3 is 11.1 Å². The third-order valence-corrected chi connectivity index (χ3v) is 4.72. The number of amides is 2. The molecule has 31 heavy (non-hydrogen) atoms. The van der Waals surface area contributed by atoms with E-state index in [2.05, 4.69) is 10.4 Å². The largest absolute Gasteiger partial charge is 0.363 e. The summed E-state index contributed by atoms with van der Waals surface area (Å²) < 4.78 is 26.9. The first-order valence-corrected chi connectivity index (χ1v) is 9.39. The molecule has 0 aliphatic rings. The maximum atomic E-state index is 13.3. The number of nitrogens with zero attached hydrogens (tertiary/aromatic N) is 2. The van der Waals surface area contributed by atoms with Crippen LogP contribution in [-0.4, -0.2) is 33.4 Å². The first-order valence-electron chi connectivity index (χ1n) is 9.39. The van der Waals surface area contributed by atoms with Crippen molar-refractivity contribution in [1.29, 1.82) is 0 Å². The number of aromatic nitrogens is 2. The van der Waals surface area contributed by atoms with Crippen molar-refractivity contribution in [2.75, 3.05) is 0 Å². The van der Waals surface area contributed by atoms with Crippen LogP contribution in [-0.2, 0) is 16.0 Å². The van der Waals surface area contributed by atoms with E-state index in [0.29, 0.717) is 15.8 Å². The molecule has 160 valence electrons. The van der Waals surface area contributed by atoms with E-state index in [4.69, 9.17) is 5.73 Å². The van der Waals surface area contributed by atoms with Crippen molar-refractivity contribution >= 4 is 17.6 Å². The molecule has 3 N–H and O–H groups in total. The lowest BCUT2D eigenvalue weighted by molar-refractivity contribution is -0.137. The van der Waals surface area contributed by atoms with Crippen LogP contribution in [0.25, 0.3) is 11.3 Å². The van der Waals surface area contributed by atoms with Crippen LogP contribution in [0.3, 0.4) is 0 Å². The van der Waals surface area contributed by atoms with Crippen LogP contribution >= 0.6 is 0 Å². The fraction of sp³-hybridized carbons (Fsp3) is 0.182. The van der Waals surface area contributed by atoms with Gasteiger partial charge in [0.1, 0.15) is 11.7 Å². The smallest absolute Gasteiger partial charge is 0.333 e. The number of benzene rings is 2.